The van der Waals surface area contributed by atoms with Crippen LogP contribution in [0, 0.1) is 11.6 Å². The number of benzene rings is 1. The van der Waals surface area contributed by atoms with Crippen LogP contribution in [-0.2, 0) is 0 Å². The third-order valence-electron chi connectivity index (χ3n) is 2.93. The maximum absolute atomic E-state index is 13.2. The highest BCUT2D eigenvalue weighted by molar-refractivity contribution is 6.34. The van der Waals surface area contributed by atoms with Gasteiger partial charge >= 0.3 is 0 Å². The summed E-state index contributed by atoms with van der Waals surface area (Å²) in [6, 6.07) is 4.27. The molecule has 7 heteroatoms. The van der Waals surface area contributed by atoms with Gasteiger partial charge in [0, 0.05) is 0 Å². The van der Waals surface area contributed by atoms with Crippen LogP contribution < -0.4 is 10.6 Å². The molecule has 0 saturated heterocycles. The van der Waals surface area contributed by atoms with Crippen molar-refractivity contribution in [1.29, 1.82) is 0 Å². The van der Waals surface area contributed by atoms with E-state index >= 15 is 0 Å². The van der Waals surface area contributed by atoms with Crippen LogP contribution in [0.4, 0.5) is 20.3 Å². The molecule has 1 aromatic carbocycles. The van der Waals surface area contributed by atoms with E-state index in [1.165, 1.54) is 18.3 Å². The molecular formula is C13H7F2N3O2. The van der Waals surface area contributed by atoms with Gasteiger partial charge in [0.25, 0.3) is 11.8 Å². The molecule has 100 valence electrons. The summed E-state index contributed by atoms with van der Waals surface area (Å²) in [6.07, 6.45) is 1.28. The summed E-state index contributed by atoms with van der Waals surface area (Å²) in [5, 5.41) is 0. The summed E-state index contributed by atoms with van der Waals surface area (Å²) in [7, 11) is 0. The van der Waals surface area contributed by atoms with Crippen molar-refractivity contribution in [3.8, 4) is 0 Å². The van der Waals surface area contributed by atoms with E-state index in [1.54, 1.807) is 0 Å². The molecule has 2 heterocycles. The Morgan fingerprint density at radius 3 is 2.00 bits per heavy atom. The van der Waals surface area contributed by atoms with Gasteiger partial charge in [-0.1, -0.05) is 0 Å². The topological polar surface area (TPSA) is 76.3 Å². The number of hydrogen-bond acceptors (Lipinski definition) is 4. The Labute approximate surface area is 111 Å². The van der Waals surface area contributed by atoms with Crippen molar-refractivity contribution in [3.05, 3.63) is 53.2 Å². The standard InChI is InChI=1S/C13H7F2N3O2/c14-9-3-7-8(4-10(9)15)13(20)18(12(7)19)11-2-1-6(16)5-17-11/h1-5H,16H2. The van der Waals surface area contributed by atoms with Crippen LogP contribution in [0.2, 0.25) is 0 Å². The number of nitrogen functional groups attached to an aromatic ring is 1. The van der Waals surface area contributed by atoms with E-state index in [1.807, 2.05) is 0 Å². The highest BCUT2D eigenvalue weighted by Crippen LogP contribution is 2.28. The first-order chi connectivity index (χ1) is 9.49. The van der Waals surface area contributed by atoms with Crippen molar-refractivity contribution >= 4 is 23.3 Å². The molecule has 0 aliphatic carbocycles. The molecule has 0 fully saturated rings. The maximum Gasteiger partial charge on any atom is 0.267 e. The molecule has 0 unspecified atom stereocenters. The second-order valence-corrected chi connectivity index (χ2v) is 4.21. The third-order valence-corrected chi connectivity index (χ3v) is 2.93. The molecule has 0 atom stereocenters. The Hall–Kier alpha value is -2.83. The highest BCUT2D eigenvalue weighted by Gasteiger charge is 2.38. The number of nitrogens with zero attached hydrogens (tertiary/aromatic N) is 2. The molecule has 0 spiro atoms. The molecule has 2 aromatic rings. The van der Waals surface area contributed by atoms with E-state index < -0.39 is 23.4 Å². The van der Waals surface area contributed by atoms with E-state index in [9.17, 15) is 18.4 Å². The van der Waals surface area contributed by atoms with Crippen LogP contribution in [0.3, 0.4) is 0 Å². The number of carbonyl (C=O) groups is 2. The SMILES string of the molecule is Nc1ccc(N2C(=O)c3cc(F)c(F)cc3C2=O)nc1. The fourth-order valence-corrected chi connectivity index (χ4v) is 1.97. The van der Waals surface area contributed by atoms with Crippen LogP contribution in [0.25, 0.3) is 0 Å². The Morgan fingerprint density at radius 2 is 1.55 bits per heavy atom. The summed E-state index contributed by atoms with van der Waals surface area (Å²) >= 11 is 0. The monoisotopic (exact) mass is 275 g/mol. The fourth-order valence-electron chi connectivity index (χ4n) is 1.97. The Kier molecular flexibility index (Phi) is 2.50. The lowest BCUT2D eigenvalue weighted by Crippen LogP contribution is -2.30. The quantitative estimate of drug-likeness (QED) is 0.804. The number of rotatable bonds is 1. The van der Waals surface area contributed by atoms with E-state index in [0.717, 1.165) is 4.90 Å². The van der Waals surface area contributed by atoms with Crippen molar-refractivity contribution in [2.75, 3.05) is 10.6 Å². The molecule has 20 heavy (non-hydrogen) atoms. The molecule has 3 rings (SSSR count). The smallest absolute Gasteiger partial charge is 0.267 e. The first kappa shape index (κ1) is 12.2. The number of imide groups is 1. The number of fused-ring (bicyclic) bond motifs is 1. The molecule has 1 aliphatic rings. The van der Waals surface area contributed by atoms with Gasteiger partial charge in [0.05, 0.1) is 23.0 Å². The molecular weight excluding hydrogens is 268 g/mol. The minimum atomic E-state index is -1.18. The molecule has 2 N–H and O–H groups in total. The second-order valence-electron chi connectivity index (χ2n) is 4.21. The second kappa shape index (κ2) is 4.09. The number of amides is 2. The van der Waals surface area contributed by atoms with Crippen LogP contribution in [-0.4, -0.2) is 16.8 Å². The van der Waals surface area contributed by atoms with Crippen LogP contribution in [0.5, 0.6) is 0 Å². The minimum absolute atomic E-state index is 0.0474. The normalized spacial score (nSPS) is 13.8. The lowest BCUT2D eigenvalue weighted by molar-refractivity contribution is 0.0925. The van der Waals surface area contributed by atoms with Gasteiger partial charge in [-0.15, -0.1) is 0 Å². The summed E-state index contributed by atoms with van der Waals surface area (Å²) < 4.78 is 26.3. The average Bonchev–Trinajstić information content (AvgIpc) is 2.65. The van der Waals surface area contributed by atoms with Gasteiger partial charge in [-0.3, -0.25) is 9.59 Å². The molecule has 2 amide bonds. The van der Waals surface area contributed by atoms with E-state index in [4.69, 9.17) is 5.73 Å². The van der Waals surface area contributed by atoms with Gasteiger partial charge < -0.3 is 5.73 Å². The van der Waals surface area contributed by atoms with Gasteiger partial charge in [-0.2, -0.15) is 0 Å². The molecule has 0 radical (unpaired) electrons. The predicted octanol–water partition coefficient (Wildman–Crippen LogP) is 1.74. The first-order valence-corrected chi connectivity index (χ1v) is 5.58. The molecule has 0 bridgehead atoms. The van der Waals surface area contributed by atoms with Crippen LogP contribution >= 0.6 is 0 Å². The number of halogens is 2. The average molecular weight is 275 g/mol. The van der Waals surface area contributed by atoms with E-state index in [2.05, 4.69) is 4.98 Å². The van der Waals surface area contributed by atoms with E-state index in [0.29, 0.717) is 17.8 Å². The lowest BCUT2D eigenvalue weighted by Gasteiger charge is -2.12. The fraction of sp³-hybridized carbons (Fsp3) is 0. The summed E-state index contributed by atoms with van der Waals surface area (Å²) in [4.78, 5) is 28.8. The zero-order valence-corrected chi connectivity index (χ0v) is 9.93. The third kappa shape index (κ3) is 1.63. The summed E-state index contributed by atoms with van der Waals surface area (Å²) in [6.45, 7) is 0. The molecule has 1 aromatic heterocycles. The number of nitrogens with two attached hydrogens (primary N) is 1. The highest BCUT2D eigenvalue weighted by atomic mass is 19.2. The summed E-state index contributed by atoms with van der Waals surface area (Å²) in [5.74, 6) is -3.82. The van der Waals surface area contributed by atoms with Crippen molar-refractivity contribution < 1.29 is 18.4 Å². The Morgan fingerprint density at radius 1 is 1.00 bits per heavy atom. The van der Waals surface area contributed by atoms with Crippen LogP contribution in [0.1, 0.15) is 20.7 Å². The summed E-state index contributed by atoms with van der Waals surface area (Å²) in [5.41, 5.74) is 5.46. The number of hydrogen-bond donors (Lipinski definition) is 1. The zero-order chi connectivity index (χ0) is 14.4. The largest absolute Gasteiger partial charge is 0.397 e. The van der Waals surface area contributed by atoms with E-state index in [-0.39, 0.29) is 16.9 Å². The molecule has 5 nitrogen and oxygen atoms in total. The van der Waals surface area contributed by atoms with Crippen molar-refractivity contribution in [1.82, 2.24) is 4.98 Å². The number of carbonyl (C=O) groups excluding carboxylic acids is 2. The predicted molar refractivity (Wildman–Crippen MR) is 66.1 cm³/mol. The Balaban J connectivity index is 2.12. The van der Waals surface area contributed by atoms with Crippen molar-refractivity contribution in [3.63, 3.8) is 0 Å². The van der Waals surface area contributed by atoms with Gasteiger partial charge in [0.2, 0.25) is 0 Å². The van der Waals surface area contributed by atoms with Crippen LogP contribution in [0.15, 0.2) is 30.5 Å². The van der Waals surface area contributed by atoms with Gasteiger partial charge in [0.1, 0.15) is 5.82 Å². The minimum Gasteiger partial charge on any atom is -0.397 e. The van der Waals surface area contributed by atoms with Gasteiger partial charge in [-0.25, -0.2) is 18.7 Å². The van der Waals surface area contributed by atoms with Crippen molar-refractivity contribution in [2.45, 2.75) is 0 Å². The first-order valence-electron chi connectivity index (χ1n) is 5.58. The molecule has 0 saturated carbocycles. The number of aromatic nitrogens is 1. The maximum atomic E-state index is 13.2. The zero-order valence-electron chi connectivity index (χ0n) is 9.93. The van der Waals surface area contributed by atoms with Gasteiger partial charge in [-0.05, 0) is 24.3 Å². The number of anilines is 2. The lowest BCUT2D eigenvalue weighted by atomic mass is 10.1. The Bertz CT molecular complexity index is 703. The van der Waals surface area contributed by atoms with Crippen molar-refractivity contribution in [2.24, 2.45) is 0 Å². The molecule has 1 aliphatic heterocycles. The van der Waals surface area contributed by atoms with Gasteiger partial charge in [0.15, 0.2) is 11.6 Å². The number of pyridine rings is 1.